The van der Waals surface area contributed by atoms with Gasteiger partial charge in [-0.1, -0.05) is 0 Å². The first-order chi connectivity index (χ1) is 9.11. The predicted molar refractivity (Wildman–Crippen MR) is 71.4 cm³/mol. The Kier molecular flexibility index (Phi) is 3.99. The smallest absolute Gasteiger partial charge is 0.244 e. The molecule has 1 N–H and O–H groups in total. The molecule has 0 saturated carbocycles. The van der Waals surface area contributed by atoms with Gasteiger partial charge in [-0.05, 0) is 26.8 Å². The molecule has 0 aliphatic carbocycles. The summed E-state index contributed by atoms with van der Waals surface area (Å²) in [5, 5.41) is 11.2. The lowest BCUT2D eigenvalue weighted by Gasteiger charge is -2.13. The van der Waals surface area contributed by atoms with E-state index in [0.717, 1.165) is 17.8 Å². The molecule has 0 aliphatic rings. The molecule has 0 aromatic carbocycles. The minimum atomic E-state index is -0.309. The van der Waals surface area contributed by atoms with Crippen molar-refractivity contribution in [1.29, 1.82) is 0 Å². The van der Waals surface area contributed by atoms with Crippen LogP contribution in [0.5, 0.6) is 0 Å². The third kappa shape index (κ3) is 3.01. The maximum Gasteiger partial charge on any atom is 0.244 e. The zero-order valence-corrected chi connectivity index (χ0v) is 11.5. The van der Waals surface area contributed by atoms with Gasteiger partial charge in [0.15, 0.2) is 0 Å². The number of carbonyl (C=O) groups excluding carboxylic acids is 1. The van der Waals surface area contributed by atoms with Crippen molar-refractivity contribution >= 4 is 5.91 Å². The highest BCUT2D eigenvalue weighted by atomic mass is 16.2. The second-order valence-corrected chi connectivity index (χ2v) is 4.52. The van der Waals surface area contributed by atoms with E-state index in [1.165, 1.54) is 0 Å². The summed E-state index contributed by atoms with van der Waals surface area (Å²) >= 11 is 0. The third-order valence-electron chi connectivity index (χ3n) is 3.09. The molecule has 1 amide bonds. The average molecular weight is 261 g/mol. The van der Waals surface area contributed by atoms with Crippen molar-refractivity contribution in [3.63, 3.8) is 0 Å². The minimum absolute atomic E-state index is 0.0453. The molecule has 0 fully saturated rings. The number of rotatable bonds is 5. The summed E-state index contributed by atoms with van der Waals surface area (Å²) in [5.74, 6) is -0.0453. The number of aryl methyl sites for hydroxylation is 2. The molecule has 2 aromatic heterocycles. The molecule has 1 atom stereocenters. The van der Waals surface area contributed by atoms with Crippen molar-refractivity contribution in [3.8, 4) is 0 Å². The molecule has 19 heavy (non-hydrogen) atoms. The molecule has 1 unspecified atom stereocenters. The number of aromatic nitrogens is 4. The van der Waals surface area contributed by atoms with Crippen LogP contribution in [0.3, 0.4) is 0 Å². The Balaban J connectivity index is 1.92. The Bertz CT molecular complexity index is 557. The summed E-state index contributed by atoms with van der Waals surface area (Å²) in [6.45, 7) is 7.12. The van der Waals surface area contributed by atoms with Crippen LogP contribution in [0, 0.1) is 6.92 Å². The van der Waals surface area contributed by atoms with Crippen molar-refractivity contribution in [1.82, 2.24) is 24.9 Å². The van der Waals surface area contributed by atoms with E-state index in [2.05, 4.69) is 15.5 Å². The summed E-state index contributed by atoms with van der Waals surface area (Å²) in [4.78, 5) is 12.0. The zero-order valence-electron chi connectivity index (χ0n) is 11.5. The lowest BCUT2D eigenvalue weighted by atomic mass is 10.3. The lowest BCUT2D eigenvalue weighted by Crippen LogP contribution is -2.31. The standard InChI is InChI=1S/C13H19N5O/c1-4-17-9-12(8-16-17)7-14-13(19)11(3)18-10(2)5-6-15-18/h5-6,8-9,11H,4,7H2,1-3H3,(H,14,19). The van der Waals surface area contributed by atoms with Gasteiger partial charge in [-0.25, -0.2) is 0 Å². The molecule has 0 saturated heterocycles. The number of hydrogen-bond acceptors (Lipinski definition) is 3. The predicted octanol–water partition coefficient (Wildman–Crippen LogP) is 1.29. The van der Waals surface area contributed by atoms with E-state index in [-0.39, 0.29) is 11.9 Å². The molecule has 2 rings (SSSR count). The third-order valence-corrected chi connectivity index (χ3v) is 3.09. The van der Waals surface area contributed by atoms with E-state index >= 15 is 0 Å². The number of amides is 1. The quantitative estimate of drug-likeness (QED) is 0.882. The van der Waals surface area contributed by atoms with Crippen LogP contribution in [0.1, 0.15) is 31.1 Å². The minimum Gasteiger partial charge on any atom is -0.350 e. The second kappa shape index (κ2) is 5.69. The van der Waals surface area contributed by atoms with Gasteiger partial charge in [0.2, 0.25) is 5.91 Å². The number of carbonyl (C=O) groups is 1. The normalized spacial score (nSPS) is 12.4. The highest BCUT2D eigenvalue weighted by Crippen LogP contribution is 2.08. The topological polar surface area (TPSA) is 64.7 Å². The molecule has 102 valence electrons. The molecule has 6 heteroatoms. The van der Waals surface area contributed by atoms with Crippen LogP contribution in [-0.4, -0.2) is 25.5 Å². The van der Waals surface area contributed by atoms with Crippen LogP contribution >= 0.6 is 0 Å². The van der Waals surface area contributed by atoms with Crippen LogP contribution < -0.4 is 5.32 Å². The maximum atomic E-state index is 12.0. The number of nitrogens with zero attached hydrogens (tertiary/aromatic N) is 4. The average Bonchev–Trinajstić information content (AvgIpc) is 3.03. The van der Waals surface area contributed by atoms with Gasteiger partial charge in [0.05, 0.1) is 6.20 Å². The number of hydrogen-bond donors (Lipinski definition) is 1. The summed E-state index contributed by atoms with van der Waals surface area (Å²) < 4.78 is 3.55. The van der Waals surface area contributed by atoms with E-state index in [1.807, 2.05) is 37.7 Å². The fourth-order valence-corrected chi connectivity index (χ4v) is 1.90. The van der Waals surface area contributed by atoms with Crippen LogP contribution in [0.2, 0.25) is 0 Å². The Morgan fingerprint density at radius 3 is 2.84 bits per heavy atom. The van der Waals surface area contributed by atoms with Crippen LogP contribution in [0.25, 0.3) is 0 Å². The zero-order chi connectivity index (χ0) is 13.8. The molecular weight excluding hydrogens is 242 g/mol. The van der Waals surface area contributed by atoms with Crippen molar-refractivity contribution in [3.05, 3.63) is 35.9 Å². The SMILES string of the molecule is CCn1cc(CNC(=O)C(C)n2nccc2C)cn1. The van der Waals surface area contributed by atoms with E-state index < -0.39 is 0 Å². The molecule has 0 bridgehead atoms. The van der Waals surface area contributed by atoms with Gasteiger partial charge in [-0.2, -0.15) is 10.2 Å². The van der Waals surface area contributed by atoms with Gasteiger partial charge < -0.3 is 5.32 Å². The van der Waals surface area contributed by atoms with E-state index in [9.17, 15) is 4.79 Å². The van der Waals surface area contributed by atoms with Crippen molar-refractivity contribution in [2.45, 2.75) is 39.9 Å². The molecule has 2 heterocycles. The molecule has 2 aromatic rings. The molecule has 0 aliphatic heterocycles. The van der Waals surface area contributed by atoms with Crippen LogP contribution in [0.15, 0.2) is 24.7 Å². The van der Waals surface area contributed by atoms with Gasteiger partial charge in [0, 0.05) is 36.7 Å². The molecule has 6 nitrogen and oxygen atoms in total. The Morgan fingerprint density at radius 2 is 2.26 bits per heavy atom. The summed E-state index contributed by atoms with van der Waals surface area (Å²) in [6.07, 6.45) is 5.40. The highest BCUT2D eigenvalue weighted by Gasteiger charge is 2.16. The van der Waals surface area contributed by atoms with Crippen LogP contribution in [0.4, 0.5) is 0 Å². The maximum absolute atomic E-state index is 12.0. The van der Waals surface area contributed by atoms with Gasteiger partial charge in [-0.15, -0.1) is 0 Å². The van der Waals surface area contributed by atoms with Gasteiger partial charge in [0.1, 0.15) is 6.04 Å². The van der Waals surface area contributed by atoms with E-state index in [1.54, 1.807) is 17.1 Å². The first kappa shape index (κ1) is 13.3. The van der Waals surface area contributed by atoms with Crippen molar-refractivity contribution < 1.29 is 4.79 Å². The second-order valence-electron chi connectivity index (χ2n) is 4.52. The molecule has 0 radical (unpaired) electrons. The van der Waals surface area contributed by atoms with Gasteiger partial charge in [-0.3, -0.25) is 14.2 Å². The first-order valence-electron chi connectivity index (χ1n) is 6.41. The summed E-state index contributed by atoms with van der Waals surface area (Å²) in [7, 11) is 0. The van der Waals surface area contributed by atoms with Gasteiger partial charge in [0.25, 0.3) is 0 Å². The Labute approximate surface area is 112 Å². The lowest BCUT2D eigenvalue weighted by molar-refractivity contribution is -0.124. The van der Waals surface area contributed by atoms with Crippen molar-refractivity contribution in [2.24, 2.45) is 0 Å². The highest BCUT2D eigenvalue weighted by molar-refractivity contribution is 5.79. The largest absolute Gasteiger partial charge is 0.350 e. The number of nitrogens with one attached hydrogen (secondary N) is 1. The Morgan fingerprint density at radius 1 is 1.47 bits per heavy atom. The van der Waals surface area contributed by atoms with Gasteiger partial charge >= 0.3 is 0 Å². The van der Waals surface area contributed by atoms with Crippen molar-refractivity contribution in [2.75, 3.05) is 0 Å². The summed E-state index contributed by atoms with van der Waals surface area (Å²) in [6, 6.07) is 1.57. The molecular formula is C13H19N5O. The van der Waals surface area contributed by atoms with E-state index in [0.29, 0.717) is 6.54 Å². The Hall–Kier alpha value is -2.11. The monoisotopic (exact) mass is 261 g/mol. The van der Waals surface area contributed by atoms with Crippen LogP contribution in [-0.2, 0) is 17.9 Å². The fourth-order valence-electron chi connectivity index (χ4n) is 1.90. The van der Waals surface area contributed by atoms with E-state index in [4.69, 9.17) is 0 Å². The first-order valence-corrected chi connectivity index (χ1v) is 6.41. The molecule has 0 spiro atoms. The fraction of sp³-hybridized carbons (Fsp3) is 0.462. The summed E-state index contributed by atoms with van der Waals surface area (Å²) in [5.41, 5.74) is 1.97.